The van der Waals surface area contributed by atoms with Crippen LogP contribution < -0.4 is 0 Å². The average Bonchev–Trinajstić information content (AvgIpc) is 2.74. The first kappa shape index (κ1) is 16.2. The molecule has 0 aromatic heterocycles. The largest absolute Gasteiger partial charge is 0.389 e. The van der Waals surface area contributed by atoms with Crippen molar-refractivity contribution in [1.82, 2.24) is 9.21 Å². The van der Waals surface area contributed by atoms with Crippen molar-refractivity contribution in [1.29, 1.82) is 0 Å². The van der Waals surface area contributed by atoms with Crippen molar-refractivity contribution >= 4 is 10.0 Å². The Hall–Kier alpha value is -0.170. The normalized spacial score (nSPS) is 28.1. The number of aliphatic hydroxyl groups is 1. The van der Waals surface area contributed by atoms with Gasteiger partial charge in [-0.2, -0.15) is 0 Å². The summed E-state index contributed by atoms with van der Waals surface area (Å²) in [5.74, 6) is 0.383. The Kier molecular flexibility index (Phi) is 5.10. The molecule has 1 N–H and O–H groups in total. The van der Waals surface area contributed by atoms with Crippen LogP contribution in [-0.2, 0) is 10.0 Å². The van der Waals surface area contributed by atoms with Gasteiger partial charge in [-0.25, -0.2) is 12.7 Å². The first-order chi connectivity index (χ1) is 9.28. The number of likely N-dealkylation sites (N-methyl/N-ethyl adjacent to an activating group) is 1. The third-order valence-corrected chi connectivity index (χ3v) is 5.89. The molecule has 0 radical (unpaired) electrons. The lowest BCUT2D eigenvalue weighted by Gasteiger charge is -2.35. The lowest BCUT2D eigenvalue weighted by Crippen LogP contribution is -2.45. The van der Waals surface area contributed by atoms with Gasteiger partial charge in [0.25, 0.3) is 0 Å². The van der Waals surface area contributed by atoms with E-state index in [9.17, 15) is 13.5 Å². The molecule has 2 fully saturated rings. The van der Waals surface area contributed by atoms with E-state index < -0.39 is 15.6 Å². The number of rotatable bonds is 5. The van der Waals surface area contributed by atoms with Crippen LogP contribution >= 0.6 is 0 Å². The minimum atomic E-state index is -3.06. The SMILES string of the molecule is CN(CC1CCCN(S(C)(=O)=O)C1)CC1(O)CCCC1. The molecule has 1 aliphatic carbocycles. The fraction of sp³-hybridized carbons (Fsp3) is 1.00. The first-order valence-corrected chi connectivity index (χ1v) is 9.49. The number of nitrogens with zero attached hydrogens (tertiary/aromatic N) is 2. The van der Waals surface area contributed by atoms with Gasteiger partial charge in [0.15, 0.2) is 0 Å². The quantitative estimate of drug-likeness (QED) is 0.819. The van der Waals surface area contributed by atoms with E-state index in [2.05, 4.69) is 4.90 Å². The van der Waals surface area contributed by atoms with Gasteiger partial charge in [-0.3, -0.25) is 0 Å². The standard InChI is InChI=1S/C14H28N2O3S/c1-15(12-14(17)7-3-4-8-14)10-13-6-5-9-16(11-13)20(2,18)19/h13,17H,3-12H2,1-2H3. The van der Waals surface area contributed by atoms with Gasteiger partial charge in [0.2, 0.25) is 10.0 Å². The van der Waals surface area contributed by atoms with Gasteiger partial charge in [-0.15, -0.1) is 0 Å². The molecule has 1 atom stereocenters. The van der Waals surface area contributed by atoms with Crippen LogP contribution in [0.2, 0.25) is 0 Å². The van der Waals surface area contributed by atoms with Crippen molar-refractivity contribution in [2.45, 2.75) is 44.1 Å². The monoisotopic (exact) mass is 304 g/mol. The Balaban J connectivity index is 1.83. The summed E-state index contributed by atoms with van der Waals surface area (Å²) >= 11 is 0. The molecular formula is C14H28N2O3S. The van der Waals surface area contributed by atoms with Crippen LogP contribution in [0, 0.1) is 5.92 Å². The van der Waals surface area contributed by atoms with Gasteiger partial charge in [0.05, 0.1) is 11.9 Å². The smallest absolute Gasteiger partial charge is 0.211 e. The zero-order valence-corrected chi connectivity index (χ0v) is 13.5. The van der Waals surface area contributed by atoms with E-state index in [1.165, 1.54) is 6.26 Å². The van der Waals surface area contributed by atoms with Crippen LogP contribution in [0.1, 0.15) is 38.5 Å². The molecule has 1 unspecified atom stereocenters. The van der Waals surface area contributed by atoms with Crippen LogP contribution in [0.25, 0.3) is 0 Å². The molecule has 0 spiro atoms. The molecule has 1 saturated carbocycles. The summed E-state index contributed by atoms with van der Waals surface area (Å²) in [4.78, 5) is 2.18. The second kappa shape index (κ2) is 6.30. The fourth-order valence-corrected chi connectivity index (χ4v) is 4.62. The van der Waals surface area contributed by atoms with Gasteiger partial charge >= 0.3 is 0 Å². The van der Waals surface area contributed by atoms with Crippen molar-refractivity contribution in [3.05, 3.63) is 0 Å². The van der Waals surface area contributed by atoms with E-state index in [1.54, 1.807) is 4.31 Å². The Morgan fingerprint density at radius 2 is 1.95 bits per heavy atom. The maximum atomic E-state index is 11.6. The molecule has 0 aromatic rings. The molecule has 1 heterocycles. The maximum Gasteiger partial charge on any atom is 0.211 e. The molecule has 118 valence electrons. The maximum absolute atomic E-state index is 11.6. The molecule has 0 amide bonds. The van der Waals surface area contributed by atoms with E-state index in [0.29, 0.717) is 25.6 Å². The Morgan fingerprint density at radius 3 is 2.55 bits per heavy atom. The Labute approximate surface area is 123 Å². The van der Waals surface area contributed by atoms with Crippen molar-refractivity contribution in [3.63, 3.8) is 0 Å². The van der Waals surface area contributed by atoms with Crippen LogP contribution in [0.4, 0.5) is 0 Å². The van der Waals surface area contributed by atoms with Gasteiger partial charge in [0, 0.05) is 26.2 Å². The summed E-state index contributed by atoms with van der Waals surface area (Å²) in [7, 11) is -1.03. The predicted molar refractivity (Wildman–Crippen MR) is 80.1 cm³/mol. The highest BCUT2D eigenvalue weighted by Crippen LogP contribution is 2.30. The summed E-state index contributed by atoms with van der Waals surface area (Å²) in [6.07, 6.45) is 7.35. The molecule has 0 bridgehead atoms. The van der Waals surface area contributed by atoms with Crippen LogP contribution in [0.15, 0.2) is 0 Å². The molecule has 1 saturated heterocycles. The van der Waals surface area contributed by atoms with Crippen LogP contribution in [0.3, 0.4) is 0 Å². The van der Waals surface area contributed by atoms with Gasteiger partial charge in [-0.05, 0) is 38.6 Å². The van der Waals surface area contributed by atoms with Gasteiger partial charge in [0.1, 0.15) is 0 Å². The molecule has 6 heteroatoms. The lowest BCUT2D eigenvalue weighted by atomic mass is 9.97. The fourth-order valence-electron chi connectivity index (χ4n) is 3.68. The average molecular weight is 304 g/mol. The molecule has 20 heavy (non-hydrogen) atoms. The summed E-state index contributed by atoms with van der Waals surface area (Å²) < 4.78 is 24.8. The Bertz CT molecular complexity index is 418. The highest BCUT2D eigenvalue weighted by Gasteiger charge is 2.33. The summed E-state index contributed by atoms with van der Waals surface area (Å²) in [6.45, 7) is 2.86. The summed E-state index contributed by atoms with van der Waals surface area (Å²) in [6, 6.07) is 0. The molecule has 2 aliphatic rings. The third-order valence-electron chi connectivity index (χ3n) is 4.62. The van der Waals surface area contributed by atoms with Crippen molar-refractivity contribution in [2.24, 2.45) is 5.92 Å². The zero-order valence-electron chi connectivity index (χ0n) is 12.7. The molecule has 5 nitrogen and oxygen atoms in total. The third kappa shape index (κ3) is 4.41. The van der Waals surface area contributed by atoms with E-state index in [4.69, 9.17) is 0 Å². The van der Waals surface area contributed by atoms with Gasteiger partial charge in [-0.1, -0.05) is 12.8 Å². The predicted octanol–water partition coefficient (Wildman–Crippen LogP) is 0.895. The lowest BCUT2D eigenvalue weighted by molar-refractivity contribution is 0.0109. The number of piperidine rings is 1. The van der Waals surface area contributed by atoms with E-state index in [-0.39, 0.29) is 0 Å². The molecule has 2 rings (SSSR count). The number of sulfonamides is 1. The van der Waals surface area contributed by atoms with Crippen LogP contribution in [0.5, 0.6) is 0 Å². The number of hydrogen-bond donors (Lipinski definition) is 1. The van der Waals surface area contributed by atoms with E-state index >= 15 is 0 Å². The van der Waals surface area contributed by atoms with Crippen molar-refractivity contribution in [3.8, 4) is 0 Å². The summed E-state index contributed by atoms with van der Waals surface area (Å²) in [5, 5.41) is 10.4. The minimum absolute atomic E-state index is 0.383. The van der Waals surface area contributed by atoms with Crippen molar-refractivity contribution in [2.75, 3.05) is 39.5 Å². The Morgan fingerprint density at radius 1 is 1.30 bits per heavy atom. The second-order valence-electron chi connectivity index (χ2n) is 6.76. The first-order valence-electron chi connectivity index (χ1n) is 7.65. The highest BCUT2D eigenvalue weighted by molar-refractivity contribution is 7.88. The van der Waals surface area contributed by atoms with Crippen molar-refractivity contribution < 1.29 is 13.5 Å². The molecule has 1 aliphatic heterocycles. The minimum Gasteiger partial charge on any atom is -0.389 e. The highest BCUT2D eigenvalue weighted by atomic mass is 32.2. The molecular weight excluding hydrogens is 276 g/mol. The van der Waals surface area contributed by atoms with E-state index in [0.717, 1.165) is 45.1 Å². The van der Waals surface area contributed by atoms with Crippen LogP contribution in [-0.4, -0.2) is 67.8 Å². The summed E-state index contributed by atoms with van der Waals surface area (Å²) in [5.41, 5.74) is -0.514. The number of hydrogen-bond acceptors (Lipinski definition) is 4. The van der Waals surface area contributed by atoms with Gasteiger partial charge < -0.3 is 10.0 Å². The van der Waals surface area contributed by atoms with E-state index in [1.807, 2.05) is 7.05 Å². The topological polar surface area (TPSA) is 60.9 Å². The zero-order chi connectivity index (χ0) is 14.8. The molecule has 0 aromatic carbocycles. The second-order valence-corrected chi connectivity index (χ2v) is 8.74.